The van der Waals surface area contributed by atoms with E-state index in [9.17, 15) is 4.79 Å². The van der Waals surface area contributed by atoms with Crippen LogP contribution in [0.4, 0.5) is 0 Å². The standard InChI is InChI=1S/C21H24N2O/c1-16-11-12-21(24)22(15-16)13-6-14-23-19-9-4-2-7-17(19)18-8-3-5-10-20(18)23/h2-5,7-10,16H,6,11-15H2,1H3. The molecule has 1 saturated heterocycles. The maximum Gasteiger partial charge on any atom is 0.222 e. The number of carbonyl (C=O) groups excluding carboxylic acids is 1. The summed E-state index contributed by atoms with van der Waals surface area (Å²) in [5.74, 6) is 0.964. The van der Waals surface area contributed by atoms with Gasteiger partial charge in [0.1, 0.15) is 0 Å². The quantitative estimate of drug-likeness (QED) is 0.697. The van der Waals surface area contributed by atoms with E-state index in [1.807, 2.05) is 0 Å². The van der Waals surface area contributed by atoms with Gasteiger partial charge in [-0.25, -0.2) is 0 Å². The molecule has 24 heavy (non-hydrogen) atoms. The summed E-state index contributed by atoms with van der Waals surface area (Å²) in [7, 11) is 0. The van der Waals surface area contributed by atoms with E-state index in [0.717, 1.165) is 38.9 Å². The highest BCUT2D eigenvalue weighted by Gasteiger charge is 2.22. The van der Waals surface area contributed by atoms with Crippen LogP contribution in [0.5, 0.6) is 0 Å². The number of benzene rings is 2. The van der Waals surface area contributed by atoms with E-state index in [1.165, 1.54) is 21.8 Å². The Morgan fingerprint density at radius 3 is 2.25 bits per heavy atom. The molecule has 0 aliphatic carbocycles. The molecule has 1 atom stereocenters. The van der Waals surface area contributed by atoms with Gasteiger partial charge in [0.2, 0.25) is 5.91 Å². The molecular formula is C21H24N2O. The van der Waals surface area contributed by atoms with E-state index < -0.39 is 0 Å². The van der Waals surface area contributed by atoms with E-state index in [4.69, 9.17) is 0 Å². The number of likely N-dealkylation sites (tertiary alicyclic amines) is 1. The first-order valence-corrected chi connectivity index (χ1v) is 8.98. The molecule has 3 nitrogen and oxygen atoms in total. The minimum Gasteiger partial charge on any atom is -0.342 e. The average Bonchev–Trinajstić information content (AvgIpc) is 2.93. The Hall–Kier alpha value is -2.29. The first-order chi connectivity index (χ1) is 11.7. The van der Waals surface area contributed by atoms with Gasteiger partial charge in [-0.15, -0.1) is 0 Å². The number of para-hydroxylation sites is 2. The van der Waals surface area contributed by atoms with Crippen LogP contribution in [0.15, 0.2) is 48.5 Å². The molecule has 1 amide bonds. The van der Waals surface area contributed by atoms with Crippen LogP contribution in [0.3, 0.4) is 0 Å². The lowest BCUT2D eigenvalue weighted by atomic mass is 9.99. The molecule has 3 heteroatoms. The van der Waals surface area contributed by atoms with Crippen LogP contribution < -0.4 is 0 Å². The van der Waals surface area contributed by atoms with Crippen molar-refractivity contribution in [3.05, 3.63) is 48.5 Å². The van der Waals surface area contributed by atoms with Crippen molar-refractivity contribution in [1.29, 1.82) is 0 Å². The second kappa shape index (κ2) is 6.31. The summed E-state index contributed by atoms with van der Waals surface area (Å²) in [4.78, 5) is 14.1. The summed E-state index contributed by atoms with van der Waals surface area (Å²) >= 11 is 0. The van der Waals surface area contributed by atoms with Crippen molar-refractivity contribution in [1.82, 2.24) is 9.47 Å². The maximum atomic E-state index is 12.1. The van der Waals surface area contributed by atoms with Crippen LogP contribution in [0.25, 0.3) is 21.8 Å². The normalized spacial score (nSPS) is 18.6. The Kier molecular flexibility index (Phi) is 4.01. The number of amides is 1. The van der Waals surface area contributed by atoms with Crippen molar-refractivity contribution >= 4 is 27.7 Å². The predicted molar refractivity (Wildman–Crippen MR) is 99.0 cm³/mol. The Balaban J connectivity index is 1.57. The summed E-state index contributed by atoms with van der Waals surface area (Å²) in [5, 5.41) is 2.63. The second-order valence-electron chi connectivity index (χ2n) is 7.02. The fourth-order valence-corrected chi connectivity index (χ4v) is 3.98. The van der Waals surface area contributed by atoms with Crippen molar-refractivity contribution in [2.24, 2.45) is 5.92 Å². The van der Waals surface area contributed by atoms with Crippen molar-refractivity contribution in [3.63, 3.8) is 0 Å². The highest BCUT2D eigenvalue weighted by atomic mass is 16.2. The lowest BCUT2D eigenvalue weighted by Crippen LogP contribution is -2.39. The van der Waals surface area contributed by atoms with Crippen molar-refractivity contribution in [2.45, 2.75) is 32.7 Å². The van der Waals surface area contributed by atoms with Gasteiger partial charge in [0.25, 0.3) is 0 Å². The molecular weight excluding hydrogens is 296 g/mol. The molecule has 1 aromatic heterocycles. The molecule has 1 aliphatic rings. The van der Waals surface area contributed by atoms with E-state index in [2.05, 4.69) is 64.9 Å². The van der Waals surface area contributed by atoms with Gasteiger partial charge in [-0.05, 0) is 30.9 Å². The summed E-state index contributed by atoms with van der Waals surface area (Å²) in [6, 6.07) is 17.2. The Morgan fingerprint density at radius 2 is 1.58 bits per heavy atom. The number of aromatic nitrogens is 1. The summed E-state index contributed by atoms with van der Waals surface area (Å²) < 4.78 is 2.41. The van der Waals surface area contributed by atoms with Gasteiger partial charge >= 0.3 is 0 Å². The molecule has 2 heterocycles. The largest absolute Gasteiger partial charge is 0.342 e. The number of carbonyl (C=O) groups is 1. The lowest BCUT2D eigenvalue weighted by molar-refractivity contribution is -0.134. The van der Waals surface area contributed by atoms with E-state index >= 15 is 0 Å². The fourth-order valence-electron chi connectivity index (χ4n) is 3.98. The van der Waals surface area contributed by atoms with Gasteiger partial charge in [-0.3, -0.25) is 4.79 Å². The second-order valence-corrected chi connectivity index (χ2v) is 7.02. The minimum absolute atomic E-state index is 0.329. The zero-order chi connectivity index (χ0) is 16.5. The molecule has 0 spiro atoms. The summed E-state index contributed by atoms with van der Waals surface area (Å²) in [6.45, 7) is 4.98. The van der Waals surface area contributed by atoms with Gasteiger partial charge in [-0.1, -0.05) is 43.3 Å². The molecule has 0 radical (unpaired) electrons. The fraction of sp³-hybridized carbons (Fsp3) is 0.381. The van der Waals surface area contributed by atoms with Crippen LogP contribution in [0.2, 0.25) is 0 Å². The van der Waals surface area contributed by atoms with Crippen molar-refractivity contribution < 1.29 is 4.79 Å². The minimum atomic E-state index is 0.329. The predicted octanol–water partition coefficient (Wildman–Crippen LogP) is 4.44. The summed E-state index contributed by atoms with van der Waals surface area (Å²) in [5.41, 5.74) is 2.58. The molecule has 4 rings (SSSR count). The van der Waals surface area contributed by atoms with Crippen LogP contribution >= 0.6 is 0 Å². The highest BCUT2D eigenvalue weighted by molar-refractivity contribution is 6.07. The van der Waals surface area contributed by atoms with Crippen LogP contribution in [0.1, 0.15) is 26.2 Å². The van der Waals surface area contributed by atoms with Gasteiger partial charge in [-0.2, -0.15) is 0 Å². The van der Waals surface area contributed by atoms with Crippen molar-refractivity contribution in [3.8, 4) is 0 Å². The summed E-state index contributed by atoms with van der Waals surface area (Å²) in [6.07, 6.45) is 2.76. The van der Waals surface area contributed by atoms with Crippen LogP contribution in [0, 0.1) is 5.92 Å². The Bertz CT molecular complexity index is 827. The number of fused-ring (bicyclic) bond motifs is 3. The number of hydrogen-bond acceptors (Lipinski definition) is 1. The topological polar surface area (TPSA) is 25.2 Å². The SMILES string of the molecule is CC1CCC(=O)N(CCCn2c3ccccc3c3ccccc32)C1. The van der Waals surface area contributed by atoms with E-state index in [1.54, 1.807) is 0 Å². The first-order valence-electron chi connectivity index (χ1n) is 8.98. The monoisotopic (exact) mass is 320 g/mol. The molecule has 1 aliphatic heterocycles. The Labute approximate surface area is 142 Å². The lowest BCUT2D eigenvalue weighted by Gasteiger charge is -2.31. The van der Waals surface area contributed by atoms with Gasteiger partial charge in [0.05, 0.1) is 0 Å². The molecule has 1 unspecified atom stereocenters. The first kappa shape index (κ1) is 15.3. The van der Waals surface area contributed by atoms with Gasteiger partial charge < -0.3 is 9.47 Å². The third-order valence-electron chi connectivity index (χ3n) is 5.23. The smallest absolute Gasteiger partial charge is 0.222 e. The number of piperidine rings is 1. The average molecular weight is 320 g/mol. The number of rotatable bonds is 4. The molecule has 0 bridgehead atoms. The third kappa shape index (κ3) is 2.68. The van der Waals surface area contributed by atoms with Crippen molar-refractivity contribution in [2.75, 3.05) is 13.1 Å². The number of hydrogen-bond donors (Lipinski definition) is 0. The van der Waals surface area contributed by atoms with E-state index in [-0.39, 0.29) is 0 Å². The van der Waals surface area contributed by atoms with Crippen LogP contribution in [-0.4, -0.2) is 28.5 Å². The molecule has 0 N–H and O–H groups in total. The molecule has 2 aromatic carbocycles. The molecule has 3 aromatic rings. The number of nitrogens with zero attached hydrogens (tertiary/aromatic N) is 2. The van der Waals surface area contributed by atoms with Gasteiger partial charge in [0, 0.05) is 47.9 Å². The number of aryl methyl sites for hydroxylation is 1. The highest BCUT2D eigenvalue weighted by Crippen LogP contribution is 2.29. The zero-order valence-corrected chi connectivity index (χ0v) is 14.2. The Morgan fingerprint density at radius 1 is 0.958 bits per heavy atom. The molecule has 1 fully saturated rings. The van der Waals surface area contributed by atoms with Crippen LogP contribution in [-0.2, 0) is 11.3 Å². The van der Waals surface area contributed by atoms with Gasteiger partial charge in [0.15, 0.2) is 0 Å². The maximum absolute atomic E-state index is 12.1. The molecule has 0 saturated carbocycles. The third-order valence-corrected chi connectivity index (χ3v) is 5.23. The molecule has 124 valence electrons. The zero-order valence-electron chi connectivity index (χ0n) is 14.2. The van der Waals surface area contributed by atoms with E-state index in [0.29, 0.717) is 11.8 Å².